The normalized spacial score (nSPS) is 14.9. The standard InChI is InChI=1S/C19H18BrF2N3O3S/c1-11(2)10-25(23-9-12-4-5-15(21)17(6-12)28-3)19-13-7-16(22)14(20)8-18(13)29(26,27)24-19/h4-9,11H,10H2,1-3H3/b23-9+. The molecule has 2 aromatic rings. The van der Waals surface area contributed by atoms with Gasteiger partial charge >= 0.3 is 0 Å². The van der Waals surface area contributed by atoms with E-state index in [0.29, 0.717) is 12.1 Å². The molecule has 0 saturated heterocycles. The van der Waals surface area contributed by atoms with Crippen LogP contribution in [0.1, 0.15) is 25.0 Å². The number of methoxy groups -OCH3 is 1. The maximum absolute atomic E-state index is 14.1. The van der Waals surface area contributed by atoms with E-state index in [2.05, 4.69) is 25.4 Å². The third-order valence-corrected chi connectivity index (χ3v) is 5.97. The predicted octanol–water partition coefficient (Wildman–Crippen LogP) is 4.18. The summed E-state index contributed by atoms with van der Waals surface area (Å²) in [6, 6.07) is 6.52. The van der Waals surface area contributed by atoms with Gasteiger partial charge < -0.3 is 4.74 Å². The molecule has 0 atom stereocenters. The topological polar surface area (TPSA) is 71.3 Å². The first kappa shape index (κ1) is 21.4. The van der Waals surface area contributed by atoms with Crippen molar-refractivity contribution < 1.29 is 21.9 Å². The van der Waals surface area contributed by atoms with Gasteiger partial charge in [0.1, 0.15) is 10.7 Å². The Kier molecular flexibility index (Phi) is 6.04. The first-order valence-electron chi connectivity index (χ1n) is 8.62. The summed E-state index contributed by atoms with van der Waals surface area (Å²) in [6.07, 6.45) is 1.44. The number of benzene rings is 2. The summed E-state index contributed by atoms with van der Waals surface area (Å²) in [5.41, 5.74) is 0.681. The van der Waals surface area contributed by atoms with Crippen molar-refractivity contribution in [1.29, 1.82) is 0 Å². The lowest BCUT2D eigenvalue weighted by atomic mass is 10.1. The molecule has 0 fully saturated rings. The molecule has 0 saturated carbocycles. The molecule has 3 rings (SSSR count). The number of rotatable bonds is 5. The fourth-order valence-electron chi connectivity index (χ4n) is 2.74. The van der Waals surface area contributed by atoms with Crippen LogP contribution in [0.3, 0.4) is 0 Å². The molecular formula is C19H18BrF2N3O3S. The van der Waals surface area contributed by atoms with Crippen molar-refractivity contribution in [2.45, 2.75) is 18.7 Å². The lowest BCUT2D eigenvalue weighted by Crippen LogP contribution is -2.29. The molecule has 1 aliphatic rings. The van der Waals surface area contributed by atoms with Crippen LogP contribution in [0.25, 0.3) is 0 Å². The molecule has 2 aromatic carbocycles. The number of ether oxygens (including phenoxy) is 1. The first-order chi connectivity index (χ1) is 13.6. The Morgan fingerprint density at radius 2 is 1.97 bits per heavy atom. The number of amidine groups is 1. The third kappa shape index (κ3) is 4.48. The number of hydrogen-bond donors (Lipinski definition) is 0. The van der Waals surface area contributed by atoms with Crippen LogP contribution >= 0.6 is 15.9 Å². The maximum Gasteiger partial charge on any atom is 0.285 e. The number of hydrazone groups is 1. The zero-order valence-corrected chi connectivity index (χ0v) is 18.3. The highest BCUT2D eigenvalue weighted by Crippen LogP contribution is 2.32. The minimum Gasteiger partial charge on any atom is -0.494 e. The summed E-state index contributed by atoms with van der Waals surface area (Å²) in [6.45, 7) is 4.19. The Labute approximate surface area is 176 Å². The molecular weight excluding hydrogens is 468 g/mol. The average Bonchev–Trinajstić information content (AvgIpc) is 2.90. The number of fused-ring (bicyclic) bond motifs is 1. The minimum atomic E-state index is -3.97. The van der Waals surface area contributed by atoms with Gasteiger partial charge in [0.15, 0.2) is 17.4 Å². The largest absolute Gasteiger partial charge is 0.494 e. The van der Waals surface area contributed by atoms with Crippen LogP contribution in [0.4, 0.5) is 8.78 Å². The van der Waals surface area contributed by atoms with E-state index < -0.39 is 21.7 Å². The minimum absolute atomic E-state index is 0.0328. The first-order valence-corrected chi connectivity index (χ1v) is 10.8. The summed E-state index contributed by atoms with van der Waals surface area (Å²) in [5, 5.41) is 5.74. The van der Waals surface area contributed by atoms with Crippen LogP contribution in [-0.4, -0.2) is 39.1 Å². The Morgan fingerprint density at radius 1 is 1.24 bits per heavy atom. The van der Waals surface area contributed by atoms with E-state index in [4.69, 9.17) is 4.74 Å². The summed E-state index contributed by atoms with van der Waals surface area (Å²) >= 11 is 3.00. The van der Waals surface area contributed by atoms with E-state index in [9.17, 15) is 17.2 Å². The average molecular weight is 486 g/mol. The Hall–Kier alpha value is -2.33. The second-order valence-electron chi connectivity index (χ2n) is 6.77. The van der Waals surface area contributed by atoms with Crippen molar-refractivity contribution in [3.05, 3.63) is 57.6 Å². The fourth-order valence-corrected chi connectivity index (χ4v) is 4.45. The molecule has 29 heavy (non-hydrogen) atoms. The number of sulfonamides is 1. The fraction of sp³-hybridized carbons (Fsp3) is 0.263. The van der Waals surface area contributed by atoms with Crippen LogP contribution in [0.2, 0.25) is 0 Å². The molecule has 0 aromatic heterocycles. The molecule has 6 nitrogen and oxygen atoms in total. The molecule has 1 aliphatic heterocycles. The molecule has 0 radical (unpaired) electrons. The van der Waals surface area contributed by atoms with Gasteiger partial charge in [-0.05, 0) is 51.7 Å². The van der Waals surface area contributed by atoms with Gasteiger partial charge in [0.2, 0.25) is 0 Å². The second kappa shape index (κ2) is 8.19. The van der Waals surface area contributed by atoms with Crippen molar-refractivity contribution in [3.63, 3.8) is 0 Å². The van der Waals surface area contributed by atoms with Gasteiger partial charge in [-0.3, -0.25) is 0 Å². The zero-order chi connectivity index (χ0) is 21.3. The van der Waals surface area contributed by atoms with Gasteiger partial charge in [0.05, 0.1) is 17.8 Å². The van der Waals surface area contributed by atoms with E-state index in [0.717, 1.165) is 6.07 Å². The zero-order valence-electron chi connectivity index (χ0n) is 15.9. The summed E-state index contributed by atoms with van der Waals surface area (Å²) in [5.74, 6) is -0.923. The van der Waals surface area contributed by atoms with E-state index in [1.54, 1.807) is 0 Å². The second-order valence-corrected chi connectivity index (χ2v) is 9.19. The van der Waals surface area contributed by atoms with Gasteiger partial charge in [-0.25, -0.2) is 13.8 Å². The molecule has 154 valence electrons. The van der Waals surface area contributed by atoms with Gasteiger partial charge in [0.25, 0.3) is 10.0 Å². The van der Waals surface area contributed by atoms with E-state index >= 15 is 0 Å². The van der Waals surface area contributed by atoms with Crippen molar-refractivity contribution >= 4 is 38.0 Å². The summed E-state index contributed by atoms with van der Waals surface area (Å²) in [7, 11) is -2.61. The highest BCUT2D eigenvalue weighted by atomic mass is 79.9. The molecule has 0 bridgehead atoms. The molecule has 0 unspecified atom stereocenters. The maximum atomic E-state index is 14.1. The highest BCUT2D eigenvalue weighted by Gasteiger charge is 2.33. The van der Waals surface area contributed by atoms with E-state index in [-0.39, 0.29) is 32.4 Å². The van der Waals surface area contributed by atoms with Crippen molar-refractivity contribution in [2.24, 2.45) is 15.4 Å². The number of nitrogens with zero attached hydrogens (tertiary/aromatic N) is 3. The third-order valence-electron chi connectivity index (χ3n) is 4.05. The number of halogens is 3. The van der Waals surface area contributed by atoms with Crippen LogP contribution in [0.5, 0.6) is 5.75 Å². The smallest absolute Gasteiger partial charge is 0.285 e. The van der Waals surface area contributed by atoms with Gasteiger partial charge in [-0.15, -0.1) is 4.40 Å². The molecule has 0 amide bonds. The van der Waals surface area contributed by atoms with Crippen LogP contribution in [0.15, 0.2) is 49.2 Å². The van der Waals surface area contributed by atoms with Crippen LogP contribution in [0, 0.1) is 17.6 Å². The van der Waals surface area contributed by atoms with Crippen molar-refractivity contribution in [2.75, 3.05) is 13.7 Å². The lowest BCUT2D eigenvalue weighted by molar-refractivity contribution is 0.384. The Bertz CT molecular complexity index is 1120. The lowest BCUT2D eigenvalue weighted by Gasteiger charge is -2.21. The highest BCUT2D eigenvalue weighted by molar-refractivity contribution is 9.10. The summed E-state index contributed by atoms with van der Waals surface area (Å²) < 4.78 is 61.4. The van der Waals surface area contributed by atoms with Crippen molar-refractivity contribution in [3.8, 4) is 5.75 Å². The van der Waals surface area contributed by atoms with Gasteiger partial charge in [-0.1, -0.05) is 19.9 Å². The molecule has 1 heterocycles. The molecule has 10 heteroatoms. The summed E-state index contributed by atoms with van der Waals surface area (Å²) in [4.78, 5) is -0.0896. The Morgan fingerprint density at radius 3 is 2.62 bits per heavy atom. The molecule has 0 N–H and O–H groups in total. The molecule has 0 spiro atoms. The van der Waals surface area contributed by atoms with Gasteiger partial charge in [0, 0.05) is 12.1 Å². The molecule has 0 aliphatic carbocycles. The van der Waals surface area contributed by atoms with E-state index in [1.165, 1.54) is 42.6 Å². The predicted molar refractivity (Wildman–Crippen MR) is 110 cm³/mol. The van der Waals surface area contributed by atoms with Crippen molar-refractivity contribution in [1.82, 2.24) is 5.01 Å². The Balaban J connectivity index is 2.04. The monoisotopic (exact) mass is 485 g/mol. The number of hydrogen-bond acceptors (Lipinski definition) is 5. The van der Waals surface area contributed by atoms with Crippen LogP contribution < -0.4 is 4.74 Å². The van der Waals surface area contributed by atoms with Gasteiger partial charge in [-0.2, -0.15) is 13.5 Å². The SMILES string of the molecule is COc1cc(/C=N/N(CC(C)C)C2=NS(=O)(=O)c3cc(Br)c(F)cc32)ccc1F. The quantitative estimate of drug-likeness (QED) is 0.470. The van der Waals surface area contributed by atoms with Crippen LogP contribution in [-0.2, 0) is 10.0 Å². The van der Waals surface area contributed by atoms with E-state index in [1.807, 2.05) is 13.8 Å².